The second-order valence-electron chi connectivity index (χ2n) is 3.07. The third kappa shape index (κ3) is 2.79. The Balaban J connectivity index is 3.24. The number of carboxylic acids is 1. The van der Waals surface area contributed by atoms with E-state index in [0.29, 0.717) is 0 Å². The first-order valence-electron chi connectivity index (χ1n) is 4.29. The fourth-order valence-electron chi connectivity index (χ4n) is 1.21. The summed E-state index contributed by atoms with van der Waals surface area (Å²) in [7, 11) is 0. The van der Waals surface area contributed by atoms with E-state index >= 15 is 0 Å². The first-order chi connectivity index (χ1) is 7.45. The van der Waals surface area contributed by atoms with Crippen molar-refractivity contribution in [2.24, 2.45) is 0 Å². The van der Waals surface area contributed by atoms with E-state index in [-0.39, 0.29) is 23.0 Å². The van der Waals surface area contributed by atoms with Crippen LogP contribution in [-0.4, -0.2) is 16.1 Å². The molecule has 0 radical (unpaired) electrons. The van der Waals surface area contributed by atoms with Crippen molar-refractivity contribution in [2.75, 3.05) is 5.73 Å². The third-order valence-corrected chi connectivity index (χ3v) is 2.18. The van der Waals surface area contributed by atoms with Crippen molar-refractivity contribution in [3.63, 3.8) is 0 Å². The summed E-state index contributed by atoms with van der Waals surface area (Å²) in [6, 6.07) is 1.02. The molecular formula is C9H9ClF2N2O2. The number of nitrogen functional groups attached to an aromatic ring is 1. The molecule has 0 saturated heterocycles. The highest BCUT2D eigenvalue weighted by atomic mass is 35.5. The molecule has 0 bridgehead atoms. The van der Waals surface area contributed by atoms with Gasteiger partial charge in [0, 0.05) is 5.56 Å². The van der Waals surface area contributed by atoms with Crippen LogP contribution in [0.3, 0.4) is 0 Å². The monoisotopic (exact) mass is 250 g/mol. The average Bonchev–Trinajstić information content (AvgIpc) is 2.19. The predicted octanol–water partition coefficient (Wildman–Crippen LogP) is 1.97. The normalized spacial score (nSPS) is 10.8. The van der Waals surface area contributed by atoms with Crippen LogP contribution in [0.2, 0.25) is 0 Å². The van der Waals surface area contributed by atoms with Gasteiger partial charge in [-0.15, -0.1) is 11.6 Å². The maximum atomic E-state index is 12.6. The number of hydrogen-bond donors (Lipinski definition) is 2. The summed E-state index contributed by atoms with van der Waals surface area (Å²) in [5.41, 5.74) is 5.03. The van der Waals surface area contributed by atoms with Crippen molar-refractivity contribution in [2.45, 2.75) is 18.7 Å². The lowest BCUT2D eigenvalue weighted by atomic mass is 10.1. The number of aliphatic carboxylic acids is 1. The summed E-state index contributed by atoms with van der Waals surface area (Å²) in [4.78, 5) is 14.2. The van der Waals surface area contributed by atoms with Gasteiger partial charge in [0.2, 0.25) is 0 Å². The van der Waals surface area contributed by atoms with Gasteiger partial charge in [-0.25, -0.2) is 8.78 Å². The van der Waals surface area contributed by atoms with Gasteiger partial charge in [-0.1, -0.05) is 0 Å². The van der Waals surface area contributed by atoms with Crippen molar-refractivity contribution < 1.29 is 18.7 Å². The van der Waals surface area contributed by atoms with Crippen molar-refractivity contribution in [3.05, 3.63) is 23.0 Å². The van der Waals surface area contributed by atoms with Crippen molar-refractivity contribution in [1.29, 1.82) is 0 Å². The Hall–Kier alpha value is -1.43. The van der Waals surface area contributed by atoms with Crippen LogP contribution in [0, 0.1) is 0 Å². The van der Waals surface area contributed by atoms with Crippen LogP contribution < -0.4 is 5.73 Å². The molecule has 0 amide bonds. The molecule has 4 nitrogen and oxygen atoms in total. The summed E-state index contributed by atoms with van der Waals surface area (Å²) in [5, 5.41) is 8.56. The van der Waals surface area contributed by atoms with Crippen LogP contribution >= 0.6 is 11.6 Å². The first kappa shape index (κ1) is 12.6. The maximum Gasteiger partial charge on any atom is 0.309 e. The smallest absolute Gasteiger partial charge is 0.309 e. The van der Waals surface area contributed by atoms with Crippen LogP contribution in [0.25, 0.3) is 0 Å². The number of pyridine rings is 1. The molecule has 88 valence electrons. The minimum Gasteiger partial charge on any atom is -0.481 e. The van der Waals surface area contributed by atoms with Gasteiger partial charge in [-0.2, -0.15) is 0 Å². The Bertz CT molecular complexity index is 413. The number of alkyl halides is 3. The van der Waals surface area contributed by atoms with Gasteiger partial charge in [0.25, 0.3) is 6.43 Å². The lowest BCUT2D eigenvalue weighted by Crippen LogP contribution is -2.10. The number of carboxylic acid groups (broad SMARTS) is 1. The van der Waals surface area contributed by atoms with Crippen LogP contribution in [-0.2, 0) is 17.1 Å². The van der Waals surface area contributed by atoms with Gasteiger partial charge < -0.3 is 10.8 Å². The molecule has 0 saturated carbocycles. The van der Waals surface area contributed by atoms with Crippen LogP contribution in [0.4, 0.5) is 14.5 Å². The standard InChI is InChI=1S/C9H9ClF2N2O2/c10-3-7-5(13)1-4(9(11)12)6(14-7)2-8(15)16/h1,9H,2-3,13H2,(H,15,16). The summed E-state index contributed by atoms with van der Waals surface area (Å²) in [6.45, 7) is 0. The van der Waals surface area contributed by atoms with E-state index in [1.54, 1.807) is 0 Å². The fraction of sp³-hybridized carbons (Fsp3) is 0.333. The van der Waals surface area contributed by atoms with Gasteiger partial charge >= 0.3 is 5.97 Å². The number of hydrogen-bond acceptors (Lipinski definition) is 3. The molecule has 0 spiro atoms. The van der Waals surface area contributed by atoms with E-state index in [4.69, 9.17) is 22.4 Å². The van der Waals surface area contributed by atoms with Crippen LogP contribution in [0.15, 0.2) is 6.07 Å². The second kappa shape index (κ2) is 5.07. The molecule has 1 aromatic heterocycles. The molecule has 7 heteroatoms. The second-order valence-corrected chi connectivity index (χ2v) is 3.33. The minimum atomic E-state index is -2.81. The van der Waals surface area contributed by atoms with E-state index in [9.17, 15) is 13.6 Å². The zero-order valence-corrected chi connectivity index (χ0v) is 8.84. The lowest BCUT2D eigenvalue weighted by molar-refractivity contribution is -0.136. The number of halogens is 3. The average molecular weight is 251 g/mol. The highest BCUT2D eigenvalue weighted by Crippen LogP contribution is 2.26. The van der Waals surface area contributed by atoms with Crippen molar-refractivity contribution in [3.8, 4) is 0 Å². The summed E-state index contributed by atoms with van der Waals surface area (Å²) < 4.78 is 25.1. The molecule has 1 aromatic rings. The van der Waals surface area contributed by atoms with Crippen molar-refractivity contribution >= 4 is 23.3 Å². The molecule has 3 N–H and O–H groups in total. The summed E-state index contributed by atoms with van der Waals surface area (Å²) >= 11 is 5.50. The van der Waals surface area contributed by atoms with Gasteiger partial charge in [0.05, 0.1) is 29.4 Å². The van der Waals surface area contributed by atoms with Gasteiger partial charge in [-0.05, 0) is 6.07 Å². The molecule has 0 fully saturated rings. The molecule has 1 heterocycles. The van der Waals surface area contributed by atoms with Gasteiger partial charge in [0.1, 0.15) is 0 Å². The molecular weight excluding hydrogens is 242 g/mol. The van der Waals surface area contributed by atoms with E-state index in [1.807, 2.05) is 0 Å². The maximum absolute atomic E-state index is 12.6. The third-order valence-electron chi connectivity index (χ3n) is 1.93. The molecule has 0 aliphatic carbocycles. The summed E-state index contributed by atoms with van der Waals surface area (Å²) in [6.07, 6.45) is -3.39. The van der Waals surface area contributed by atoms with E-state index in [1.165, 1.54) is 0 Å². The quantitative estimate of drug-likeness (QED) is 0.801. The van der Waals surface area contributed by atoms with E-state index < -0.39 is 24.4 Å². The van der Waals surface area contributed by atoms with Gasteiger partial charge in [0.15, 0.2) is 0 Å². The highest BCUT2D eigenvalue weighted by Gasteiger charge is 2.18. The van der Waals surface area contributed by atoms with Gasteiger partial charge in [-0.3, -0.25) is 9.78 Å². The van der Waals surface area contributed by atoms with Crippen LogP contribution in [0.1, 0.15) is 23.4 Å². The molecule has 0 aromatic carbocycles. The van der Waals surface area contributed by atoms with E-state index in [2.05, 4.69) is 4.98 Å². The Kier molecular flexibility index (Phi) is 4.00. The zero-order valence-electron chi connectivity index (χ0n) is 8.08. The first-order valence-corrected chi connectivity index (χ1v) is 4.83. The predicted molar refractivity (Wildman–Crippen MR) is 54.5 cm³/mol. The van der Waals surface area contributed by atoms with Crippen LogP contribution in [0.5, 0.6) is 0 Å². The Labute approximate surface area is 95.0 Å². The SMILES string of the molecule is Nc1cc(C(F)F)c(CC(=O)O)nc1CCl. The number of rotatable bonds is 4. The Morgan fingerprint density at radius 1 is 1.56 bits per heavy atom. The molecule has 1 rings (SSSR count). The molecule has 0 atom stereocenters. The largest absolute Gasteiger partial charge is 0.481 e. The number of nitrogens with two attached hydrogens (primary N) is 1. The molecule has 0 unspecified atom stereocenters. The summed E-state index contributed by atoms with van der Waals surface area (Å²) in [5.74, 6) is -1.29. The highest BCUT2D eigenvalue weighted by molar-refractivity contribution is 6.17. The zero-order chi connectivity index (χ0) is 12.3. The van der Waals surface area contributed by atoms with Crippen molar-refractivity contribution in [1.82, 2.24) is 4.98 Å². The lowest BCUT2D eigenvalue weighted by Gasteiger charge is -2.10. The molecule has 0 aliphatic rings. The Morgan fingerprint density at radius 2 is 2.19 bits per heavy atom. The fourth-order valence-corrected chi connectivity index (χ4v) is 1.42. The van der Waals surface area contributed by atoms with E-state index in [0.717, 1.165) is 6.07 Å². The molecule has 0 aliphatic heterocycles. The molecule has 16 heavy (non-hydrogen) atoms. The minimum absolute atomic E-state index is 0.0411. The number of aromatic nitrogens is 1. The number of carbonyl (C=O) groups is 1. The number of anilines is 1. The topological polar surface area (TPSA) is 76.2 Å². The number of nitrogens with zero attached hydrogens (tertiary/aromatic N) is 1. The Morgan fingerprint density at radius 3 is 2.62 bits per heavy atom.